The summed E-state index contributed by atoms with van der Waals surface area (Å²) in [7, 11) is -3.04. The molecule has 2 rings (SSSR count). The van der Waals surface area contributed by atoms with Crippen molar-refractivity contribution in [2.75, 3.05) is 19.6 Å². The Bertz CT molecular complexity index is 348. The summed E-state index contributed by atoms with van der Waals surface area (Å²) in [4.78, 5) is 0. The van der Waals surface area contributed by atoms with Crippen LogP contribution in [-0.2, 0) is 10.0 Å². The van der Waals surface area contributed by atoms with Gasteiger partial charge in [0.2, 0.25) is 10.0 Å². The molecule has 0 radical (unpaired) electrons. The van der Waals surface area contributed by atoms with Crippen LogP contribution in [0, 0.1) is 0 Å². The molecule has 0 amide bonds. The standard InChI is InChI=1S/C13H26N2O2S/c1-2-14-12-7-6-10-15(11-12)18(16,17)13-8-4-3-5-9-13/h12-14H,2-11H2,1H3. The van der Waals surface area contributed by atoms with Crippen LogP contribution in [0.15, 0.2) is 0 Å². The highest BCUT2D eigenvalue weighted by molar-refractivity contribution is 7.89. The van der Waals surface area contributed by atoms with Gasteiger partial charge in [0.15, 0.2) is 0 Å². The number of nitrogens with zero attached hydrogens (tertiary/aromatic N) is 1. The molecule has 0 spiro atoms. The van der Waals surface area contributed by atoms with Crippen molar-refractivity contribution in [3.8, 4) is 0 Å². The molecule has 1 heterocycles. The third-order valence-corrected chi connectivity index (χ3v) is 6.58. The summed E-state index contributed by atoms with van der Waals surface area (Å²) in [5.41, 5.74) is 0. The van der Waals surface area contributed by atoms with Gasteiger partial charge in [-0.05, 0) is 32.2 Å². The molecule has 18 heavy (non-hydrogen) atoms. The molecule has 106 valence electrons. The second-order valence-corrected chi connectivity index (χ2v) is 7.77. The van der Waals surface area contributed by atoms with E-state index in [0.717, 1.165) is 51.6 Å². The molecule has 0 aromatic carbocycles. The minimum absolute atomic E-state index is 0.105. The van der Waals surface area contributed by atoms with Crippen LogP contribution in [0.4, 0.5) is 0 Å². The van der Waals surface area contributed by atoms with Gasteiger partial charge >= 0.3 is 0 Å². The first-order valence-electron chi connectivity index (χ1n) is 7.37. The van der Waals surface area contributed by atoms with Gasteiger partial charge in [-0.25, -0.2) is 12.7 Å². The van der Waals surface area contributed by atoms with Crippen LogP contribution in [0.5, 0.6) is 0 Å². The van der Waals surface area contributed by atoms with Gasteiger partial charge in [0.05, 0.1) is 5.25 Å². The van der Waals surface area contributed by atoms with Crippen molar-refractivity contribution in [3.05, 3.63) is 0 Å². The second kappa shape index (κ2) is 6.35. The van der Waals surface area contributed by atoms with Crippen LogP contribution in [0.1, 0.15) is 51.9 Å². The van der Waals surface area contributed by atoms with Crippen LogP contribution in [0.25, 0.3) is 0 Å². The number of hydrogen-bond acceptors (Lipinski definition) is 3. The Morgan fingerprint density at radius 1 is 1.11 bits per heavy atom. The number of piperidine rings is 1. The molecular weight excluding hydrogens is 248 g/mol. The Kier molecular flexibility index (Phi) is 5.04. The maximum atomic E-state index is 12.6. The molecule has 4 nitrogen and oxygen atoms in total. The third kappa shape index (κ3) is 3.25. The number of likely N-dealkylation sites (N-methyl/N-ethyl adjacent to an activating group) is 1. The summed E-state index contributed by atoms with van der Waals surface area (Å²) in [6.45, 7) is 4.39. The summed E-state index contributed by atoms with van der Waals surface area (Å²) in [6.07, 6.45) is 7.18. The van der Waals surface area contributed by atoms with Gasteiger partial charge in [-0.2, -0.15) is 0 Å². The fourth-order valence-corrected chi connectivity index (χ4v) is 5.32. The second-order valence-electron chi connectivity index (χ2n) is 5.56. The Morgan fingerprint density at radius 3 is 2.50 bits per heavy atom. The minimum Gasteiger partial charge on any atom is -0.313 e. The molecular formula is C13H26N2O2S. The van der Waals surface area contributed by atoms with Crippen molar-refractivity contribution in [2.45, 2.75) is 63.2 Å². The largest absolute Gasteiger partial charge is 0.313 e. The number of sulfonamides is 1. The molecule has 1 unspecified atom stereocenters. The topological polar surface area (TPSA) is 49.4 Å². The fraction of sp³-hybridized carbons (Fsp3) is 1.00. The zero-order valence-corrected chi connectivity index (χ0v) is 12.2. The van der Waals surface area contributed by atoms with Gasteiger partial charge in [0.1, 0.15) is 0 Å². The zero-order valence-electron chi connectivity index (χ0n) is 11.4. The summed E-state index contributed by atoms with van der Waals surface area (Å²) >= 11 is 0. The highest BCUT2D eigenvalue weighted by Crippen LogP contribution is 2.27. The van der Waals surface area contributed by atoms with E-state index in [9.17, 15) is 8.42 Å². The summed E-state index contributed by atoms with van der Waals surface area (Å²) in [5.74, 6) is 0. The quantitative estimate of drug-likeness (QED) is 0.849. The lowest BCUT2D eigenvalue weighted by molar-refractivity contribution is 0.280. The Balaban J connectivity index is 1.99. The summed E-state index contributed by atoms with van der Waals surface area (Å²) in [6, 6.07) is 0.349. The van der Waals surface area contributed by atoms with E-state index in [1.165, 1.54) is 6.42 Å². The summed E-state index contributed by atoms with van der Waals surface area (Å²) < 4.78 is 26.9. The normalized spacial score (nSPS) is 28.4. The average molecular weight is 274 g/mol. The van der Waals surface area contributed by atoms with Crippen LogP contribution in [-0.4, -0.2) is 43.6 Å². The zero-order chi connectivity index (χ0) is 13.0. The molecule has 5 heteroatoms. The lowest BCUT2D eigenvalue weighted by atomic mass is 10.0. The van der Waals surface area contributed by atoms with Crippen molar-refractivity contribution in [2.24, 2.45) is 0 Å². The molecule has 1 aliphatic carbocycles. The first-order chi connectivity index (χ1) is 8.64. The average Bonchev–Trinajstić information content (AvgIpc) is 2.40. The number of rotatable bonds is 4. The minimum atomic E-state index is -3.04. The molecule has 1 saturated carbocycles. The Morgan fingerprint density at radius 2 is 1.83 bits per heavy atom. The molecule has 1 atom stereocenters. The van der Waals surface area contributed by atoms with E-state index in [4.69, 9.17) is 0 Å². The monoisotopic (exact) mass is 274 g/mol. The van der Waals surface area contributed by atoms with Crippen LogP contribution >= 0.6 is 0 Å². The van der Waals surface area contributed by atoms with Gasteiger partial charge in [0, 0.05) is 19.1 Å². The predicted molar refractivity (Wildman–Crippen MR) is 74.1 cm³/mol. The van der Waals surface area contributed by atoms with Crippen molar-refractivity contribution >= 4 is 10.0 Å². The molecule has 0 aromatic heterocycles. The van der Waals surface area contributed by atoms with Gasteiger partial charge in [-0.1, -0.05) is 26.2 Å². The predicted octanol–water partition coefficient (Wildman–Crippen LogP) is 1.72. The maximum absolute atomic E-state index is 12.6. The number of nitrogens with one attached hydrogen (secondary N) is 1. The highest BCUT2D eigenvalue weighted by Gasteiger charge is 2.35. The molecule has 0 bridgehead atoms. The van der Waals surface area contributed by atoms with E-state index in [2.05, 4.69) is 12.2 Å². The van der Waals surface area contributed by atoms with E-state index in [-0.39, 0.29) is 5.25 Å². The SMILES string of the molecule is CCNC1CCCN(S(=O)(=O)C2CCCCC2)C1. The van der Waals surface area contributed by atoms with Crippen molar-refractivity contribution in [1.29, 1.82) is 0 Å². The van der Waals surface area contributed by atoms with Crippen LogP contribution in [0.3, 0.4) is 0 Å². The Hall–Kier alpha value is -0.130. The van der Waals surface area contributed by atoms with E-state index in [0.29, 0.717) is 12.6 Å². The summed E-state index contributed by atoms with van der Waals surface area (Å²) in [5, 5.41) is 3.28. The van der Waals surface area contributed by atoms with Crippen molar-refractivity contribution in [3.63, 3.8) is 0 Å². The molecule has 1 saturated heterocycles. The van der Waals surface area contributed by atoms with Gasteiger partial charge in [-0.15, -0.1) is 0 Å². The lowest BCUT2D eigenvalue weighted by Gasteiger charge is -2.35. The van der Waals surface area contributed by atoms with E-state index in [1.807, 2.05) is 0 Å². The fourth-order valence-electron chi connectivity index (χ4n) is 3.20. The molecule has 2 fully saturated rings. The van der Waals surface area contributed by atoms with Crippen LogP contribution in [0.2, 0.25) is 0 Å². The van der Waals surface area contributed by atoms with Crippen molar-refractivity contribution < 1.29 is 8.42 Å². The molecule has 0 aromatic rings. The van der Waals surface area contributed by atoms with Gasteiger partial charge in [-0.3, -0.25) is 0 Å². The Labute approximate surface area is 111 Å². The first-order valence-corrected chi connectivity index (χ1v) is 8.87. The van der Waals surface area contributed by atoms with Crippen LogP contribution < -0.4 is 5.32 Å². The smallest absolute Gasteiger partial charge is 0.217 e. The molecule has 1 aliphatic heterocycles. The first kappa shape index (κ1) is 14.3. The maximum Gasteiger partial charge on any atom is 0.217 e. The number of hydrogen-bond donors (Lipinski definition) is 1. The third-order valence-electron chi connectivity index (χ3n) is 4.21. The van der Waals surface area contributed by atoms with Gasteiger partial charge in [0.25, 0.3) is 0 Å². The van der Waals surface area contributed by atoms with E-state index in [1.54, 1.807) is 4.31 Å². The lowest BCUT2D eigenvalue weighted by Crippen LogP contribution is -2.50. The van der Waals surface area contributed by atoms with E-state index >= 15 is 0 Å². The molecule has 2 aliphatic rings. The molecule has 1 N–H and O–H groups in total. The van der Waals surface area contributed by atoms with Crippen molar-refractivity contribution in [1.82, 2.24) is 9.62 Å². The highest BCUT2D eigenvalue weighted by atomic mass is 32.2. The van der Waals surface area contributed by atoms with E-state index < -0.39 is 10.0 Å². The van der Waals surface area contributed by atoms with Gasteiger partial charge < -0.3 is 5.32 Å².